The average Bonchev–Trinajstić information content (AvgIpc) is 3.32. The lowest BCUT2D eigenvalue weighted by Crippen LogP contribution is -2.27. The number of para-hydroxylation sites is 1. The molecular formula is C23H19NO3S2. The number of rotatable bonds is 6. The minimum atomic E-state index is -0.120. The van der Waals surface area contributed by atoms with Crippen molar-refractivity contribution >= 4 is 40.3 Å². The van der Waals surface area contributed by atoms with E-state index in [4.69, 9.17) is 21.4 Å². The van der Waals surface area contributed by atoms with Crippen molar-refractivity contribution in [1.82, 2.24) is 4.90 Å². The number of carbonyl (C=O) groups excluding carboxylic acids is 1. The van der Waals surface area contributed by atoms with Gasteiger partial charge >= 0.3 is 0 Å². The molecule has 1 aliphatic heterocycles. The van der Waals surface area contributed by atoms with Gasteiger partial charge in [0.25, 0.3) is 5.91 Å². The molecule has 2 aromatic carbocycles. The predicted octanol–water partition coefficient (Wildman–Crippen LogP) is 5.57. The molecule has 1 fully saturated rings. The molecule has 3 aromatic rings. The summed E-state index contributed by atoms with van der Waals surface area (Å²) in [7, 11) is 0. The smallest absolute Gasteiger partial charge is 0.266 e. The third kappa shape index (κ3) is 4.60. The van der Waals surface area contributed by atoms with Gasteiger partial charge in [-0.3, -0.25) is 9.69 Å². The quantitative estimate of drug-likeness (QED) is 0.385. The van der Waals surface area contributed by atoms with Gasteiger partial charge in [0.05, 0.1) is 17.7 Å². The summed E-state index contributed by atoms with van der Waals surface area (Å²) in [5, 5.41) is 0. The van der Waals surface area contributed by atoms with Crippen LogP contribution in [-0.2, 0) is 17.9 Å². The first kappa shape index (κ1) is 19.5. The van der Waals surface area contributed by atoms with Crippen molar-refractivity contribution in [2.45, 2.75) is 20.1 Å². The molecule has 2 heterocycles. The first-order valence-electron chi connectivity index (χ1n) is 9.15. The second kappa shape index (κ2) is 8.68. The van der Waals surface area contributed by atoms with Crippen LogP contribution in [0.4, 0.5) is 0 Å². The third-order valence-electron chi connectivity index (χ3n) is 4.45. The number of aryl methyl sites for hydroxylation is 1. The van der Waals surface area contributed by atoms with Crippen LogP contribution in [0.15, 0.2) is 76.2 Å². The van der Waals surface area contributed by atoms with Crippen molar-refractivity contribution in [3.63, 3.8) is 0 Å². The fourth-order valence-corrected chi connectivity index (χ4v) is 4.28. The summed E-state index contributed by atoms with van der Waals surface area (Å²) in [6.45, 7) is 2.86. The van der Waals surface area contributed by atoms with E-state index in [9.17, 15) is 4.79 Å². The molecule has 0 radical (unpaired) electrons. The van der Waals surface area contributed by atoms with Gasteiger partial charge in [0.15, 0.2) is 0 Å². The zero-order chi connectivity index (χ0) is 20.2. The Bertz CT molecular complexity index is 1070. The summed E-state index contributed by atoms with van der Waals surface area (Å²) in [6, 6.07) is 19.5. The highest BCUT2D eigenvalue weighted by Crippen LogP contribution is 2.35. The molecule has 0 atom stereocenters. The highest BCUT2D eigenvalue weighted by atomic mass is 32.2. The number of hydrogen-bond donors (Lipinski definition) is 0. The van der Waals surface area contributed by atoms with Gasteiger partial charge in [-0.25, -0.2) is 0 Å². The Morgan fingerprint density at radius 3 is 2.79 bits per heavy atom. The summed E-state index contributed by atoms with van der Waals surface area (Å²) in [5.74, 6) is 1.31. The van der Waals surface area contributed by atoms with Gasteiger partial charge in [0.2, 0.25) is 0 Å². The standard InChI is InChI=1S/C23H19NO3S2/c1-16-6-4-7-17(12-16)15-27-20-10-3-2-8-18(20)13-21-22(25)24(23(28)29-21)14-19-9-5-11-26-19/h2-13H,14-15H2,1H3. The maximum absolute atomic E-state index is 12.8. The summed E-state index contributed by atoms with van der Waals surface area (Å²) in [4.78, 5) is 15.0. The largest absolute Gasteiger partial charge is 0.488 e. The molecule has 0 spiro atoms. The number of ether oxygens (including phenoxy) is 1. The molecule has 0 unspecified atom stereocenters. The molecule has 6 heteroatoms. The van der Waals surface area contributed by atoms with E-state index in [1.54, 1.807) is 17.2 Å². The lowest BCUT2D eigenvalue weighted by atomic mass is 10.1. The van der Waals surface area contributed by atoms with Crippen LogP contribution >= 0.6 is 24.0 Å². The van der Waals surface area contributed by atoms with E-state index >= 15 is 0 Å². The van der Waals surface area contributed by atoms with E-state index in [1.807, 2.05) is 48.5 Å². The molecule has 0 saturated carbocycles. The highest BCUT2D eigenvalue weighted by Gasteiger charge is 2.32. The second-order valence-corrected chi connectivity index (χ2v) is 8.34. The SMILES string of the molecule is Cc1cccc(COc2ccccc2C=C2SC(=S)N(Cc3ccco3)C2=O)c1. The van der Waals surface area contributed by atoms with Crippen LogP contribution < -0.4 is 4.74 Å². The van der Waals surface area contributed by atoms with Gasteiger partial charge < -0.3 is 9.15 Å². The Morgan fingerprint density at radius 2 is 2.00 bits per heavy atom. The van der Waals surface area contributed by atoms with Crippen LogP contribution in [0.5, 0.6) is 5.75 Å². The maximum Gasteiger partial charge on any atom is 0.266 e. The number of thiocarbonyl (C=S) groups is 1. The molecule has 0 aliphatic carbocycles. The molecule has 0 N–H and O–H groups in total. The first-order chi connectivity index (χ1) is 14.1. The minimum Gasteiger partial charge on any atom is -0.488 e. The fourth-order valence-electron chi connectivity index (χ4n) is 3.03. The number of benzene rings is 2. The van der Waals surface area contributed by atoms with Crippen LogP contribution in [0.2, 0.25) is 0 Å². The van der Waals surface area contributed by atoms with Crippen molar-refractivity contribution in [3.8, 4) is 5.75 Å². The molecule has 29 heavy (non-hydrogen) atoms. The molecule has 1 aromatic heterocycles. The Balaban J connectivity index is 1.52. The van der Waals surface area contributed by atoms with Gasteiger partial charge in [0.1, 0.15) is 22.4 Å². The number of furan rings is 1. The lowest BCUT2D eigenvalue weighted by Gasteiger charge is -2.12. The summed E-state index contributed by atoms with van der Waals surface area (Å²) < 4.78 is 11.9. The number of thioether (sulfide) groups is 1. The zero-order valence-corrected chi connectivity index (χ0v) is 17.5. The van der Waals surface area contributed by atoms with E-state index < -0.39 is 0 Å². The number of hydrogen-bond acceptors (Lipinski definition) is 5. The van der Waals surface area contributed by atoms with E-state index in [2.05, 4.69) is 19.1 Å². The Labute approximate surface area is 179 Å². The molecule has 0 bridgehead atoms. The van der Waals surface area contributed by atoms with E-state index in [-0.39, 0.29) is 5.91 Å². The van der Waals surface area contributed by atoms with Crippen LogP contribution in [-0.4, -0.2) is 15.1 Å². The first-order valence-corrected chi connectivity index (χ1v) is 10.4. The van der Waals surface area contributed by atoms with Crippen LogP contribution in [0.25, 0.3) is 6.08 Å². The van der Waals surface area contributed by atoms with Gasteiger partial charge in [-0.2, -0.15) is 0 Å². The normalized spacial score (nSPS) is 15.3. The van der Waals surface area contributed by atoms with Crippen LogP contribution in [0, 0.1) is 6.92 Å². The van der Waals surface area contributed by atoms with Gasteiger partial charge in [-0.1, -0.05) is 72.0 Å². The molecule has 4 rings (SSSR count). The molecule has 1 amide bonds. The number of carbonyl (C=O) groups is 1. The predicted molar refractivity (Wildman–Crippen MR) is 119 cm³/mol. The third-order valence-corrected chi connectivity index (χ3v) is 5.83. The fraction of sp³-hybridized carbons (Fsp3) is 0.130. The van der Waals surface area contributed by atoms with E-state index in [1.165, 1.54) is 17.3 Å². The summed E-state index contributed by atoms with van der Waals surface area (Å²) in [6.07, 6.45) is 3.43. The Hall–Kier alpha value is -2.83. The Kier molecular flexibility index (Phi) is 5.83. The average molecular weight is 422 g/mol. The lowest BCUT2D eigenvalue weighted by molar-refractivity contribution is -0.122. The van der Waals surface area contributed by atoms with Crippen LogP contribution in [0.1, 0.15) is 22.5 Å². The van der Waals surface area contributed by atoms with Crippen molar-refractivity contribution in [3.05, 3.63) is 94.3 Å². The van der Waals surface area contributed by atoms with Gasteiger partial charge in [-0.15, -0.1) is 0 Å². The highest BCUT2D eigenvalue weighted by molar-refractivity contribution is 8.26. The van der Waals surface area contributed by atoms with Crippen molar-refractivity contribution in [1.29, 1.82) is 0 Å². The minimum absolute atomic E-state index is 0.120. The van der Waals surface area contributed by atoms with Gasteiger partial charge in [-0.05, 0) is 36.8 Å². The summed E-state index contributed by atoms with van der Waals surface area (Å²) in [5.41, 5.74) is 3.14. The summed E-state index contributed by atoms with van der Waals surface area (Å²) >= 11 is 6.69. The molecule has 1 saturated heterocycles. The number of nitrogens with zero attached hydrogens (tertiary/aromatic N) is 1. The molecular weight excluding hydrogens is 402 g/mol. The zero-order valence-electron chi connectivity index (χ0n) is 15.8. The van der Waals surface area contributed by atoms with Crippen molar-refractivity contribution < 1.29 is 13.9 Å². The van der Waals surface area contributed by atoms with E-state index in [0.717, 1.165) is 16.9 Å². The van der Waals surface area contributed by atoms with Crippen molar-refractivity contribution in [2.24, 2.45) is 0 Å². The number of amides is 1. The maximum atomic E-state index is 12.8. The van der Waals surface area contributed by atoms with Crippen molar-refractivity contribution in [2.75, 3.05) is 0 Å². The topological polar surface area (TPSA) is 42.7 Å². The van der Waals surface area contributed by atoms with E-state index in [0.29, 0.717) is 28.1 Å². The molecule has 146 valence electrons. The van der Waals surface area contributed by atoms with Gasteiger partial charge in [0, 0.05) is 5.56 Å². The molecule has 4 nitrogen and oxygen atoms in total. The van der Waals surface area contributed by atoms with Crippen LogP contribution in [0.3, 0.4) is 0 Å². The molecule has 1 aliphatic rings. The second-order valence-electron chi connectivity index (χ2n) is 6.66. The monoisotopic (exact) mass is 421 g/mol. The Morgan fingerprint density at radius 1 is 1.14 bits per heavy atom.